The second-order valence-electron chi connectivity index (χ2n) is 4.84. The van der Waals surface area contributed by atoms with E-state index in [0.717, 1.165) is 27.2 Å². The Morgan fingerprint density at radius 2 is 1.80 bits per heavy atom. The van der Waals surface area contributed by atoms with Crippen molar-refractivity contribution in [2.45, 2.75) is 25.1 Å². The van der Waals surface area contributed by atoms with E-state index in [0.29, 0.717) is 12.0 Å². The molecule has 0 spiro atoms. The van der Waals surface area contributed by atoms with E-state index >= 15 is 0 Å². The molecule has 0 fully saturated rings. The molecule has 0 saturated carbocycles. The van der Waals surface area contributed by atoms with Crippen LogP contribution in [0.4, 0.5) is 8.78 Å². The summed E-state index contributed by atoms with van der Waals surface area (Å²) in [6, 6.07) is 8.40. The van der Waals surface area contributed by atoms with Gasteiger partial charge in [-0.2, -0.15) is 0 Å². The summed E-state index contributed by atoms with van der Waals surface area (Å²) < 4.78 is 28.0. The van der Waals surface area contributed by atoms with Gasteiger partial charge in [-0.05, 0) is 54.7 Å². The molecule has 0 bridgehead atoms. The molecule has 0 aliphatic rings. The molecule has 0 radical (unpaired) electrons. The summed E-state index contributed by atoms with van der Waals surface area (Å²) in [7, 11) is 0. The summed E-state index contributed by atoms with van der Waals surface area (Å²) in [6.45, 7) is 4.02. The molecule has 4 heteroatoms. The highest BCUT2D eigenvalue weighted by Gasteiger charge is 2.16. The molecule has 0 aliphatic heterocycles. The molecule has 2 aromatic rings. The Bertz CT molecular complexity index is 639. The third-order valence-corrected chi connectivity index (χ3v) is 4.99. The Hall–Kier alpha value is -0.740. The van der Waals surface area contributed by atoms with Crippen molar-refractivity contribution in [3.8, 4) is 0 Å². The van der Waals surface area contributed by atoms with Gasteiger partial charge in [-0.25, -0.2) is 8.78 Å². The fourth-order valence-electron chi connectivity index (χ4n) is 2.15. The molecule has 20 heavy (non-hydrogen) atoms. The van der Waals surface area contributed by atoms with Crippen LogP contribution < -0.4 is 0 Å². The number of alkyl halides is 1. The second kappa shape index (κ2) is 6.35. The van der Waals surface area contributed by atoms with Gasteiger partial charge in [0, 0.05) is 9.30 Å². The van der Waals surface area contributed by atoms with E-state index in [-0.39, 0.29) is 4.83 Å². The molecule has 0 saturated heterocycles. The van der Waals surface area contributed by atoms with E-state index in [1.807, 2.05) is 19.9 Å². The summed E-state index contributed by atoms with van der Waals surface area (Å²) in [5.41, 5.74) is 3.71. The number of halogens is 4. The van der Waals surface area contributed by atoms with Crippen LogP contribution in [-0.4, -0.2) is 0 Å². The summed E-state index contributed by atoms with van der Waals surface area (Å²) >= 11 is 7.08. The van der Waals surface area contributed by atoms with Crippen molar-refractivity contribution in [2.75, 3.05) is 0 Å². The molecule has 0 aliphatic carbocycles. The lowest BCUT2D eigenvalue weighted by molar-refractivity contribution is 0.498. The van der Waals surface area contributed by atoms with E-state index in [1.165, 1.54) is 6.07 Å². The molecular formula is C16H14Br2F2. The molecule has 0 aromatic heterocycles. The summed E-state index contributed by atoms with van der Waals surface area (Å²) in [5.74, 6) is -1.56. The van der Waals surface area contributed by atoms with Crippen LogP contribution in [0.5, 0.6) is 0 Å². The number of hydrogen-bond donors (Lipinski definition) is 0. The van der Waals surface area contributed by atoms with E-state index in [1.54, 1.807) is 6.07 Å². The van der Waals surface area contributed by atoms with Gasteiger partial charge < -0.3 is 0 Å². The minimum Gasteiger partial charge on any atom is -0.204 e. The van der Waals surface area contributed by atoms with E-state index in [2.05, 4.69) is 37.9 Å². The van der Waals surface area contributed by atoms with E-state index in [4.69, 9.17) is 0 Å². The molecular weight excluding hydrogens is 390 g/mol. The third-order valence-electron chi connectivity index (χ3n) is 3.32. The largest absolute Gasteiger partial charge is 0.204 e. The maximum absolute atomic E-state index is 13.7. The normalized spacial score (nSPS) is 12.5. The quantitative estimate of drug-likeness (QED) is 0.549. The topological polar surface area (TPSA) is 0 Å². The monoisotopic (exact) mass is 402 g/mol. The van der Waals surface area contributed by atoms with Crippen molar-refractivity contribution >= 4 is 31.9 Å². The van der Waals surface area contributed by atoms with Crippen molar-refractivity contribution in [1.82, 2.24) is 0 Å². The predicted molar refractivity (Wildman–Crippen MR) is 85.3 cm³/mol. The summed E-state index contributed by atoms with van der Waals surface area (Å²) in [5, 5.41) is 0. The van der Waals surface area contributed by atoms with Gasteiger partial charge in [-0.1, -0.05) is 50.1 Å². The number of rotatable bonds is 3. The lowest BCUT2D eigenvalue weighted by atomic mass is 9.98. The number of hydrogen-bond acceptors (Lipinski definition) is 0. The molecule has 1 unspecified atom stereocenters. The molecule has 106 valence electrons. The zero-order valence-corrected chi connectivity index (χ0v) is 14.4. The molecule has 2 rings (SSSR count). The van der Waals surface area contributed by atoms with Crippen LogP contribution in [-0.2, 0) is 6.42 Å². The Kier molecular flexibility index (Phi) is 4.97. The van der Waals surface area contributed by atoms with Gasteiger partial charge in [0.1, 0.15) is 0 Å². The third kappa shape index (κ3) is 3.29. The average molecular weight is 404 g/mol. The first kappa shape index (κ1) is 15.6. The Balaban J connectivity index is 2.31. The number of benzene rings is 2. The van der Waals surface area contributed by atoms with Crippen LogP contribution in [0.2, 0.25) is 0 Å². The fourth-order valence-corrected chi connectivity index (χ4v) is 3.45. The second-order valence-corrected chi connectivity index (χ2v) is 6.80. The standard InChI is InChI=1S/C16H14Br2F2/c1-9-7-13(17)10(2)6-12(9)14(18)8-11-4-3-5-15(19)16(11)20/h3-7,14H,8H2,1-2H3. The molecule has 0 N–H and O–H groups in total. The van der Waals surface area contributed by atoms with Crippen LogP contribution in [0, 0.1) is 25.5 Å². The van der Waals surface area contributed by atoms with Gasteiger partial charge in [-0.3, -0.25) is 0 Å². The average Bonchev–Trinajstić information content (AvgIpc) is 2.39. The highest BCUT2D eigenvalue weighted by molar-refractivity contribution is 9.10. The molecule has 0 amide bonds. The first-order valence-electron chi connectivity index (χ1n) is 6.23. The molecule has 2 aromatic carbocycles. The highest BCUT2D eigenvalue weighted by Crippen LogP contribution is 2.33. The fraction of sp³-hybridized carbons (Fsp3) is 0.250. The van der Waals surface area contributed by atoms with Gasteiger partial charge in [0.25, 0.3) is 0 Å². The molecule has 0 nitrogen and oxygen atoms in total. The van der Waals surface area contributed by atoms with Gasteiger partial charge in [0.2, 0.25) is 0 Å². The SMILES string of the molecule is Cc1cc(C(Br)Cc2cccc(F)c2F)c(C)cc1Br. The van der Waals surface area contributed by atoms with Gasteiger partial charge in [0.05, 0.1) is 0 Å². The Morgan fingerprint density at radius 1 is 1.10 bits per heavy atom. The molecule has 1 atom stereocenters. The summed E-state index contributed by atoms with van der Waals surface area (Å²) in [6.07, 6.45) is 0.408. The number of aryl methyl sites for hydroxylation is 2. The maximum atomic E-state index is 13.7. The first-order valence-corrected chi connectivity index (χ1v) is 7.94. The minimum atomic E-state index is -0.800. The zero-order chi connectivity index (χ0) is 14.9. The van der Waals surface area contributed by atoms with Crippen LogP contribution in [0.3, 0.4) is 0 Å². The zero-order valence-electron chi connectivity index (χ0n) is 11.2. The van der Waals surface area contributed by atoms with Crippen LogP contribution in [0.15, 0.2) is 34.8 Å². The van der Waals surface area contributed by atoms with Crippen LogP contribution in [0.1, 0.15) is 27.1 Å². The maximum Gasteiger partial charge on any atom is 0.162 e. The van der Waals surface area contributed by atoms with Crippen LogP contribution in [0.25, 0.3) is 0 Å². The molecule has 0 heterocycles. The van der Waals surface area contributed by atoms with Crippen molar-refractivity contribution < 1.29 is 8.78 Å². The lowest BCUT2D eigenvalue weighted by Gasteiger charge is -2.15. The Labute approximate surface area is 134 Å². The van der Waals surface area contributed by atoms with Crippen molar-refractivity contribution in [3.63, 3.8) is 0 Å². The van der Waals surface area contributed by atoms with Crippen molar-refractivity contribution in [3.05, 3.63) is 68.7 Å². The van der Waals surface area contributed by atoms with Gasteiger partial charge >= 0.3 is 0 Å². The first-order chi connectivity index (χ1) is 9.40. The Morgan fingerprint density at radius 3 is 2.50 bits per heavy atom. The highest BCUT2D eigenvalue weighted by atomic mass is 79.9. The summed E-state index contributed by atoms with van der Waals surface area (Å²) in [4.78, 5) is -0.0504. The van der Waals surface area contributed by atoms with Crippen LogP contribution >= 0.6 is 31.9 Å². The smallest absolute Gasteiger partial charge is 0.162 e. The predicted octanol–water partition coefficient (Wildman–Crippen LogP) is 6.02. The van der Waals surface area contributed by atoms with Crippen molar-refractivity contribution in [2.24, 2.45) is 0 Å². The lowest BCUT2D eigenvalue weighted by Crippen LogP contribution is -2.02. The van der Waals surface area contributed by atoms with Gasteiger partial charge in [-0.15, -0.1) is 0 Å². The van der Waals surface area contributed by atoms with E-state index < -0.39 is 11.6 Å². The van der Waals surface area contributed by atoms with Gasteiger partial charge in [0.15, 0.2) is 11.6 Å². The minimum absolute atomic E-state index is 0.0504. The van der Waals surface area contributed by atoms with E-state index in [9.17, 15) is 8.78 Å². The van der Waals surface area contributed by atoms with Crippen molar-refractivity contribution in [1.29, 1.82) is 0 Å².